The minimum Gasteiger partial charge on any atom is -0.334 e. The van der Waals surface area contributed by atoms with E-state index < -0.39 is 0 Å². The van der Waals surface area contributed by atoms with Crippen LogP contribution >= 0.6 is 0 Å². The average Bonchev–Trinajstić information content (AvgIpc) is 2.80. The van der Waals surface area contributed by atoms with E-state index in [9.17, 15) is 4.79 Å². The Kier molecular flexibility index (Phi) is 3.93. The van der Waals surface area contributed by atoms with E-state index >= 15 is 0 Å². The predicted molar refractivity (Wildman–Crippen MR) is 77.2 cm³/mol. The molecule has 0 saturated carbocycles. The topological polar surface area (TPSA) is 65.2 Å². The summed E-state index contributed by atoms with van der Waals surface area (Å²) in [6.45, 7) is 2.93. The lowest BCUT2D eigenvalue weighted by Crippen LogP contribution is -2.49. The Labute approximate surface area is 124 Å². The van der Waals surface area contributed by atoms with Crippen molar-refractivity contribution in [2.75, 3.05) is 20.1 Å². The second-order valence-electron chi connectivity index (χ2n) is 5.96. The Morgan fingerprint density at radius 1 is 1.33 bits per heavy atom. The summed E-state index contributed by atoms with van der Waals surface area (Å²) in [7, 11) is 2.05. The van der Waals surface area contributed by atoms with E-state index in [1.54, 1.807) is 6.07 Å². The number of hydrogen-bond donors (Lipinski definition) is 0. The molecule has 2 aliphatic rings. The molecule has 0 unspecified atom stereocenters. The number of hydrogen-bond acceptors (Lipinski definition) is 4. The summed E-state index contributed by atoms with van der Waals surface area (Å²) in [6, 6.07) is 3.86. The maximum Gasteiger partial charge on any atom is 0.240 e. The fourth-order valence-corrected chi connectivity index (χ4v) is 3.28. The molecule has 6 nitrogen and oxygen atoms in total. The molecule has 1 atom stereocenters. The smallest absolute Gasteiger partial charge is 0.240 e. The van der Waals surface area contributed by atoms with E-state index in [2.05, 4.69) is 23.1 Å². The SMILES string of the molecule is CN1CCCCC[C@@H]1C(=O)N1CCn2nc(C#N)cc2C1. The molecule has 112 valence electrons. The van der Waals surface area contributed by atoms with Crippen molar-refractivity contribution < 1.29 is 4.79 Å². The van der Waals surface area contributed by atoms with Crippen LogP contribution in [-0.2, 0) is 17.9 Å². The lowest BCUT2D eigenvalue weighted by atomic mass is 10.1. The normalized spacial score (nSPS) is 23.2. The van der Waals surface area contributed by atoms with Crippen LogP contribution in [0.25, 0.3) is 0 Å². The first-order chi connectivity index (χ1) is 10.2. The zero-order chi connectivity index (χ0) is 14.8. The quantitative estimate of drug-likeness (QED) is 0.772. The number of likely N-dealkylation sites (tertiary alicyclic amines) is 1. The predicted octanol–water partition coefficient (Wildman–Crippen LogP) is 0.971. The Balaban J connectivity index is 1.72. The number of carbonyl (C=O) groups is 1. The molecule has 1 saturated heterocycles. The summed E-state index contributed by atoms with van der Waals surface area (Å²) in [5.41, 5.74) is 1.40. The van der Waals surface area contributed by atoms with Gasteiger partial charge in [-0.1, -0.05) is 12.8 Å². The second-order valence-corrected chi connectivity index (χ2v) is 5.96. The molecule has 0 aromatic carbocycles. The van der Waals surface area contributed by atoms with Crippen molar-refractivity contribution in [1.82, 2.24) is 19.6 Å². The number of rotatable bonds is 1. The standard InChI is InChI=1S/C15H21N5O/c1-18-6-4-2-3-5-14(18)15(21)19-7-8-20-13(11-19)9-12(10-16)17-20/h9,14H,2-8,11H2,1H3/t14-/m1/s1. The van der Waals surface area contributed by atoms with Gasteiger partial charge in [0.25, 0.3) is 0 Å². The first-order valence-electron chi connectivity index (χ1n) is 7.65. The molecule has 1 aromatic rings. The summed E-state index contributed by atoms with van der Waals surface area (Å²) < 4.78 is 1.85. The van der Waals surface area contributed by atoms with E-state index in [0.29, 0.717) is 25.3 Å². The van der Waals surface area contributed by atoms with Crippen LogP contribution in [0.2, 0.25) is 0 Å². The third kappa shape index (κ3) is 2.79. The van der Waals surface area contributed by atoms with Crippen LogP contribution in [0, 0.1) is 11.3 Å². The van der Waals surface area contributed by atoms with Crippen LogP contribution in [0.5, 0.6) is 0 Å². The Morgan fingerprint density at radius 2 is 2.19 bits per heavy atom. The van der Waals surface area contributed by atoms with Crippen molar-refractivity contribution in [2.45, 2.75) is 44.8 Å². The maximum absolute atomic E-state index is 12.8. The van der Waals surface area contributed by atoms with Gasteiger partial charge in [0.1, 0.15) is 6.07 Å². The van der Waals surface area contributed by atoms with Gasteiger partial charge in [0.05, 0.1) is 24.8 Å². The van der Waals surface area contributed by atoms with Gasteiger partial charge in [-0.2, -0.15) is 10.4 Å². The maximum atomic E-state index is 12.8. The van der Waals surface area contributed by atoms with Gasteiger partial charge >= 0.3 is 0 Å². The molecule has 6 heteroatoms. The van der Waals surface area contributed by atoms with Gasteiger partial charge in [-0.25, -0.2) is 0 Å². The highest BCUT2D eigenvalue weighted by Gasteiger charge is 2.31. The lowest BCUT2D eigenvalue weighted by molar-refractivity contribution is -0.138. The highest BCUT2D eigenvalue weighted by atomic mass is 16.2. The molecule has 1 amide bonds. The molecular weight excluding hydrogens is 266 g/mol. The van der Waals surface area contributed by atoms with E-state index in [1.165, 1.54) is 12.8 Å². The summed E-state index contributed by atoms with van der Waals surface area (Å²) in [4.78, 5) is 16.9. The van der Waals surface area contributed by atoms with Gasteiger partial charge < -0.3 is 4.90 Å². The molecule has 3 rings (SSSR count). The summed E-state index contributed by atoms with van der Waals surface area (Å²) in [5.74, 6) is 0.227. The third-order valence-corrected chi connectivity index (χ3v) is 4.53. The van der Waals surface area contributed by atoms with Crippen LogP contribution in [0.3, 0.4) is 0 Å². The number of likely N-dealkylation sites (N-methyl/N-ethyl adjacent to an activating group) is 1. The van der Waals surface area contributed by atoms with Gasteiger partial charge in [-0.3, -0.25) is 14.4 Å². The van der Waals surface area contributed by atoms with Crippen molar-refractivity contribution in [3.63, 3.8) is 0 Å². The van der Waals surface area contributed by atoms with Crippen molar-refractivity contribution in [3.05, 3.63) is 17.5 Å². The van der Waals surface area contributed by atoms with Crippen LogP contribution in [0.15, 0.2) is 6.07 Å². The number of nitrogens with zero attached hydrogens (tertiary/aromatic N) is 5. The summed E-state index contributed by atoms with van der Waals surface area (Å²) in [6.07, 6.45) is 4.48. The van der Waals surface area contributed by atoms with Gasteiger partial charge in [0.2, 0.25) is 5.91 Å². The summed E-state index contributed by atoms with van der Waals surface area (Å²) >= 11 is 0. The minimum atomic E-state index is 0.0115. The van der Waals surface area contributed by atoms with E-state index in [4.69, 9.17) is 5.26 Å². The van der Waals surface area contributed by atoms with Gasteiger partial charge in [-0.05, 0) is 32.5 Å². The molecule has 21 heavy (non-hydrogen) atoms. The zero-order valence-electron chi connectivity index (χ0n) is 12.5. The Hall–Kier alpha value is -1.87. The first-order valence-corrected chi connectivity index (χ1v) is 7.65. The van der Waals surface area contributed by atoms with Crippen molar-refractivity contribution >= 4 is 5.91 Å². The second kappa shape index (κ2) is 5.86. The van der Waals surface area contributed by atoms with Crippen LogP contribution in [-0.4, -0.2) is 51.7 Å². The van der Waals surface area contributed by atoms with E-state index in [-0.39, 0.29) is 11.9 Å². The van der Waals surface area contributed by atoms with E-state index in [1.807, 2.05) is 9.58 Å². The molecule has 2 aliphatic heterocycles. The van der Waals surface area contributed by atoms with Crippen LogP contribution < -0.4 is 0 Å². The average molecular weight is 287 g/mol. The fourth-order valence-electron chi connectivity index (χ4n) is 3.28. The summed E-state index contributed by atoms with van der Waals surface area (Å²) in [5, 5.41) is 13.1. The molecular formula is C15H21N5O. The largest absolute Gasteiger partial charge is 0.334 e. The highest BCUT2D eigenvalue weighted by Crippen LogP contribution is 2.20. The molecule has 0 N–H and O–H groups in total. The number of fused-ring (bicyclic) bond motifs is 1. The minimum absolute atomic E-state index is 0.0115. The molecule has 0 aliphatic carbocycles. The molecule has 3 heterocycles. The van der Waals surface area contributed by atoms with Gasteiger partial charge in [-0.15, -0.1) is 0 Å². The number of aromatic nitrogens is 2. The monoisotopic (exact) mass is 287 g/mol. The van der Waals surface area contributed by atoms with Crippen LogP contribution in [0.4, 0.5) is 0 Å². The third-order valence-electron chi connectivity index (χ3n) is 4.53. The van der Waals surface area contributed by atoms with Crippen molar-refractivity contribution in [1.29, 1.82) is 5.26 Å². The molecule has 1 aromatic heterocycles. The van der Waals surface area contributed by atoms with Crippen molar-refractivity contribution in [3.8, 4) is 6.07 Å². The highest BCUT2D eigenvalue weighted by molar-refractivity contribution is 5.82. The van der Waals surface area contributed by atoms with E-state index in [0.717, 1.165) is 25.1 Å². The first kappa shape index (κ1) is 14.1. The van der Waals surface area contributed by atoms with Crippen LogP contribution in [0.1, 0.15) is 37.1 Å². The molecule has 0 bridgehead atoms. The fraction of sp³-hybridized carbons (Fsp3) is 0.667. The zero-order valence-corrected chi connectivity index (χ0v) is 12.5. The number of carbonyl (C=O) groups excluding carboxylic acids is 1. The number of amides is 1. The van der Waals surface area contributed by atoms with Gasteiger partial charge in [0, 0.05) is 6.54 Å². The number of nitriles is 1. The lowest BCUT2D eigenvalue weighted by Gasteiger charge is -2.33. The molecule has 0 spiro atoms. The van der Waals surface area contributed by atoms with Gasteiger partial charge in [0.15, 0.2) is 5.69 Å². The Bertz CT molecular complexity index is 573. The Morgan fingerprint density at radius 3 is 3.00 bits per heavy atom. The van der Waals surface area contributed by atoms with Crippen molar-refractivity contribution in [2.24, 2.45) is 0 Å². The molecule has 0 radical (unpaired) electrons. The molecule has 1 fully saturated rings.